The van der Waals surface area contributed by atoms with Crippen LogP contribution >= 0.6 is 15.6 Å². The van der Waals surface area contributed by atoms with Crippen molar-refractivity contribution in [3.8, 4) is 0 Å². The molecule has 1 saturated heterocycles. The molecule has 0 aromatic carbocycles. The molecular formula is C50H83N3O16P2. The summed E-state index contributed by atoms with van der Waals surface area (Å²) in [4.78, 5) is 61.9. The van der Waals surface area contributed by atoms with Crippen molar-refractivity contribution in [1.29, 1.82) is 0 Å². The van der Waals surface area contributed by atoms with E-state index < -0.39 is 89.8 Å². The van der Waals surface area contributed by atoms with Gasteiger partial charge in [-0.25, -0.2) is 13.9 Å². The van der Waals surface area contributed by atoms with Crippen LogP contribution in [-0.2, 0) is 46.3 Å². The van der Waals surface area contributed by atoms with Gasteiger partial charge in [0.1, 0.15) is 30.7 Å². The van der Waals surface area contributed by atoms with Gasteiger partial charge < -0.3 is 45.1 Å². The summed E-state index contributed by atoms with van der Waals surface area (Å²) in [5, 5.41) is 31.1. The quantitative estimate of drug-likeness (QED) is 0.0117. The molecule has 2 rings (SSSR count). The van der Waals surface area contributed by atoms with Gasteiger partial charge in [-0.05, 0) is 70.3 Å². The molecule has 7 N–H and O–H groups in total. The van der Waals surface area contributed by atoms with Crippen LogP contribution in [0.5, 0.6) is 0 Å². The number of aliphatic hydroxyl groups is 3. The number of anilines is 1. The van der Waals surface area contributed by atoms with E-state index in [2.05, 4.69) is 59.6 Å². The first-order valence-electron chi connectivity index (χ1n) is 25.4. The van der Waals surface area contributed by atoms with E-state index in [0.717, 1.165) is 101 Å². The van der Waals surface area contributed by atoms with E-state index in [1.165, 1.54) is 25.3 Å². The first-order chi connectivity index (χ1) is 34.1. The number of aromatic nitrogens is 2. The Labute approximate surface area is 420 Å². The van der Waals surface area contributed by atoms with E-state index in [4.69, 9.17) is 29.0 Å². The van der Waals surface area contributed by atoms with E-state index in [9.17, 15) is 48.6 Å². The lowest BCUT2D eigenvalue weighted by molar-refractivity contribution is -0.161. The molecular weight excluding hydrogens is 961 g/mol. The second kappa shape index (κ2) is 38.1. The van der Waals surface area contributed by atoms with Crippen LogP contribution in [0.15, 0.2) is 77.8 Å². The first-order valence-corrected chi connectivity index (χ1v) is 28.4. The number of nitrogens with zero attached hydrogens (tertiary/aromatic N) is 2. The smallest absolute Gasteiger partial charge is 0.462 e. The van der Waals surface area contributed by atoms with Gasteiger partial charge in [0.2, 0.25) is 0 Å². The lowest BCUT2D eigenvalue weighted by atomic mass is 10.1. The summed E-state index contributed by atoms with van der Waals surface area (Å²) in [6.45, 7) is 1.89. The number of carbonyl (C=O) groups excluding carboxylic acids is 2. The monoisotopic (exact) mass is 1040 g/mol. The number of hydrogen-bond donors (Lipinski definition) is 6. The second-order valence-electron chi connectivity index (χ2n) is 17.5. The molecule has 1 aromatic rings. The number of aliphatic hydroxyl groups excluding tert-OH is 3. The largest absolute Gasteiger partial charge is 0.481 e. The third kappa shape index (κ3) is 30.9. The highest BCUT2D eigenvalue weighted by Gasteiger charge is 2.46. The maximum Gasteiger partial charge on any atom is 0.481 e. The van der Waals surface area contributed by atoms with Crippen molar-refractivity contribution in [3.63, 3.8) is 0 Å². The predicted molar refractivity (Wildman–Crippen MR) is 272 cm³/mol. The predicted octanol–water partition coefficient (Wildman–Crippen LogP) is 9.30. The molecule has 21 heteroatoms. The zero-order chi connectivity index (χ0) is 52.2. The summed E-state index contributed by atoms with van der Waals surface area (Å²) in [7, 11) is -10.9. The highest BCUT2D eigenvalue weighted by atomic mass is 31.3. The van der Waals surface area contributed by atoms with Crippen molar-refractivity contribution in [2.45, 2.75) is 198 Å². The van der Waals surface area contributed by atoms with Crippen LogP contribution in [0.4, 0.5) is 5.82 Å². The standard InChI is InChI=1S/C50H83N3O16P2/c1-3-5-7-9-11-12-13-14-15-16-17-18-19-20-22-26-30-34-45(55)64-38-42(67-46(56)35-31-27-23-25-29-33-41(54)32-28-24-21-10-8-6-4-2)39-65-70(60,61)69-71(62,63)66-40-43-47(57)48(58)49(68-43)53-37-36-44(51)52-50(53)59/h6,8,11-12,14-15,21,24,28,32,36-37,41-43,47-49,54,57-58H,3-5,7,9-10,13,16-20,22-23,25-27,29-31,33-35,38-40H2,1-2H3,(H,60,61)(H,62,63)(H2,51,52,59)/b8-6+,12-11-,15-14-,24-21+,32-28+/t41?,42-,43-,47-,48-,49-/m1/s1. The second-order valence-corrected chi connectivity index (χ2v) is 20.5. The number of carbonyl (C=O) groups is 2. The Balaban J connectivity index is 1.82. The highest BCUT2D eigenvalue weighted by Crippen LogP contribution is 2.60. The third-order valence-corrected chi connectivity index (χ3v) is 13.8. The molecule has 8 atom stereocenters. The molecule has 0 aliphatic carbocycles. The average Bonchev–Trinajstić information content (AvgIpc) is 3.60. The molecule has 71 heavy (non-hydrogen) atoms. The Kier molecular flexibility index (Phi) is 34.1. The third-order valence-electron chi connectivity index (χ3n) is 11.2. The number of hydrogen-bond acceptors (Lipinski definition) is 16. The molecule has 0 saturated carbocycles. The molecule has 404 valence electrons. The summed E-state index contributed by atoms with van der Waals surface area (Å²) in [6.07, 6.45) is 33.1. The first kappa shape index (κ1) is 63.5. The fourth-order valence-corrected chi connectivity index (χ4v) is 9.34. The van der Waals surface area contributed by atoms with Crippen molar-refractivity contribution < 1.29 is 71.4 Å². The summed E-state index contributed by atoms with van der Waals surface area (Å²) < 4.78 is 56.7. The van der Waals surface area contributed by atoms with E-state index in [1.54, 1.807) is 6.08 Å². The van der Waals surface area contributed by atoms with E-state index in [0.29, 0.717) is 25.7 Å². The summed E-state index contributed by atoms with van der Waals surface area (Å²) in [5.74, 6) is -1.39. The molecule has 0 bridgehead atoms. The summed E-state index contributed by atoms with van der Waals surface area (Å²) in [6, 6.07) is 1.24. The lowest BCUT2D eigenvalue weighted by Gasteiger charge is -2.21. The SMILES string of the molecule is CC/C=C/C/C=C/C=C/C(O)CCCCCCCC(=O)O[C@H](COC(=O)CCCCCCCCC/C=C\C/C=C\CCCCC)COP(=O)(O)OP(=O)(O)OC[C@H]1O[C@@H](n2ccc(N)nc2=O)[C@H](O)[C@@H]1O. The van der Waals surface area contributed by atoms with Crippen LogP contribution in [0.25, 0.3) is 0 Å². The summed E-state index contributed by atoms with van der Waals surface area (Å²) >= 11 is 0. The number of phosphoric ester groups is 2. The Hall–Kier alpha value is -3.58. The van der Waals surface area contributed by atoms with Gasteiger partial charge in [0, 0.05) is 19.0 Å². The average molecular weight is 1040 g/mol. The molecule has 1 aliphatic heterocycles. The van der Waals surface area contributed by atoms with Crippen molar-refractivity contribution in [1.82, 2.24) is 9.55 Å². The molecule has 0 radical (unpaired) electrons. The fourth-order valence-electron chi connectivity index (χ4n) is 7.23. The number of nitrogen functional groups attached to an aromatic ring is 1. The van der Waals surface area contributed by atoms with Crippen LogP contribution in [0.2, 0.25) is 0 Å². The van der Waals surface area contributed by atoms with E-state index in [-0.39, 0.29) is 18.7 Å². The highest BCUT2D eigenvalue weighted by molar-refractivity contribution is 7.61. The van der Waals surface area contributed by atoms with Crippen molar-refractivity contribution in [3.05, 3.63) is 83.5 Å². The molecule has 1 aromatic heterocycles. The zero-order valence-corrected chi connectivity index (χ0v) is 43.7. The molecule has 1 fully saturated rings. The number of rotatable bonds is 41. The van der Waals surface area contributed by atoms with Crippen LogP contribution in [0, 0.1) is 0 Å². The van der Waals surface area contributed by atoms with Crippen LogP contribution in [-0.4, -0.2) is 96.9 Å². The molecule has 2 heterocycles. The fraction of sp³-hybridized carbons (Fsp3) is 0.680. The van der Waals surface area contributed by atoms with E-state index >= 15 is 0 Å². The number of allylic oxidation sites excluding steroid dienone is 9. The van der Waals surface area contributed by atoms with E-state index in [1.807, 2.05) is 18.2 Å². The minimum atomic E-state index is -5.45. The van der Waals surface area contributed by atoms with Crippen molar-refractivity contribution >= 4 is 33.4 Å². The normalized spacial score (nSPS) is 20.1. The topological polar surface area (TPSA) is 286 Å². The van der Waals surface area contributed by atoms with Gasteiger partial charge in [0.25, 0.3) is 0 Å². The molecule has 3 unspecified atom stereocenters. The number of unbranched alkanes of at least 4 members (excludes halogenated alkanes) is 14. The molecule has 1 aliphatic rings. The van der Waals surface area contributed by atoms with Crippen LogP contribution in [0.1, 0.15) is 168 Å². The number of phosphoric acid groups is 2. The Morgan fingerprint density at radius 3 is 2.01 bits per heavy atom. The Morgan fingerprint density at radius 1 is 0.761 bits per heavy atom. The van der Waals surface area contributed by atoms with Crippen molar-refractivity contribution in [2.24, 2.45) is 0 Å². The molecule has 19 nitrogen and oxygen atoms in total. The number of esters is 2. The van der Waals surface area contributed by atoms with Gasteiger partial charge in [0.15, 0.2) is 12.3 Å². The maximum atomic E-state index is 12.9. The number of ether oxygens (including phenoxy) is 3. The van der Waals surface area contributed by atoms with Crippen LogP contribution < -0.4 is 11.4 Å². The number of nitrogens with two attached hydrogens (primary N) is 1. The van der Waals surface area contributed by atoms with Gasteiger partial charge in [-0.3, -0.25) is 23.2 Å². The lowest BCUT2D eigenvalue weighted by Crippen LogP contribution is -2.36. The van der Waals surface area contributed by atoms with Gasteiger partial charge in [0.05, 0.1) is 19.3 Å². The minimum absolute atomic E-state index is 0.0236. The summed E-state index contributed by atoms with van der Waals surface area (Å²) in [5.41, 5.74) is 4.58. The Bertz CT molecular complexity index is 1940. The van der Waals surface area contributed by atoms with Gasteiger partial charge in [-0.15, -0.1) is 0 Å². The minimum Gasteiger partial charge on any atom is -0.462 e. The van der Waals surface area contributed by atoms with Gasteiger partial charge >= 0.3 is 33.3 Å². The molecule has 0 amide bonds. The Morgan fingerprint density at radius 2 is 1.35 bits per heavy atom. The van der Waals surface area contributed by atoms with Gasteiger partial charge in [-0.2, -0.15) is 9.29 Å². The zero-order valence-electron chi connectivity index (χ0n) is 41.9. The maximum absolute atomic E-state index is 12.9. The van der Waals surface area contributed by atoms with Gasteiger partial charge in [-0.1, -0.05) is 145 Å². The van der Waals surface area contributed by atoms with Crippen molar-refractivity contribution in [2.75, 3.05) is 25.6 Å². The van der Waals surface area contributed by atoms with Crippen LogP contribution in [0.3, 0.4) is 0 Å². The molecule has 0 spiro atoms.